The molecule has 100 valence electrons. The fraction of sp³-hybridized carbons (Fsp3) is 0.571. The fourth-order valence-corrected chi connectivity index (χ4v) is 1.93. The lowest BCUT2D eigenvalue weighted by Gasteiger charge is -2.15. The number of benzene rings is 1. The van der Waals surface area contributed by atoms with Gasteiger partial charge in [-0.3, -0.25) is 0 Å². The van der Waals surface area contributed by atoms with E-state index < -0.39 is 0 Å². The monoisotopic (exact) mass is 253 g/mol. The van der Waals surface area contributed by atoms with Crippen LogP contribution in [0.5, 0.6) is 5.75 Å². The minimum atomic E-state index is -0.198. The molecule has 3 nitrogen and oxygen atoms in total. The van der Waals surface area contributed by atoms with E-state index in [2.05, 4.69) is 12.2 Å². The van der Waals surface area contributed by atoms with Crippen molar-refractivity contribution >= 4 is 0 Å². The summed E-state index contributed by atoms with van der Waals surface area (Å²) < 4.78 is 24.3. The van der Waals surface area contributed by atoms with Gasteiger partial charge in [0.15, 0.2) is 0 Å². The largest absolute Gasteiger partial charge is 0.493 e. The highest BCUT2D eigenvalue weighted by Crippen LogP contribution is 2.17. The van der Waals surface area contributed by atoms with Crippen LogP contribution in [0.3, 0.4) is 0 Å². The second-order valence-corrected chi connectivity index (χ2v) is 4.93. The second kappa shape index (κ2) is 6.16. The Labute approximate surface area is 107 Å². The molecule has 2 rings (SSSR count). The molecule has 0 spiro atoms. The Bertz CT molecular complexity index is 397. The van der Waals surface area contributed by atoms with Crippen molar-refractivity contribution in [1.82, 2.24) is 5.32 Å². The van der Waals surface area contributed by atoms with Crippen molar-refractivity contribution in [1.29, 1.82) is 0 Å². The first-order chi connectivity index (χ1) is 8.65. The summed E-state index contributed by atoms with van der Waals surface area (Å²) in [6, 6.07) is 5.22. The van der Waals surface area contributed by atoms with Crippen LogP contribution in [-0.4, -0.2) is 32.4 Å². The first-order valence-corrected chi connectivity index (χ1v) is 6.35. The highest BCUT2D eigenvalue weighted by molar-refractivity contribution is 5.28. The van der Waals surface area contributed by atoms with E-state index in [0.717, 1.165) is 13.2 Å². The molecule has 1 heterocycles. The molecule has 0 radical (unpaired) electrons. The van der Waals surface area contributed by atoms with Crippen LogP contribution in [0.2, 0.25) is 0 Å². The highest BCUT2D eigenvalue weighted by Gasteiger charge is 2.16. The van der Waals surface area contributed by atoms with Gasteiger partial charge in [0.2, 0.25) is 0 Å². The van der Waals surface area contributed by atoms with Crippen molar-refractivity contribution in [2.45, 2.75) is 19.9 Å². The summed E-state index contributed by atoms with van der Waals surface area (Å²) in [6.45, 7) is 6.77. The minimum Gasteiger partial charge on any atom is -0.493 e. The van der Waals surface area contributed by atoms with E-state index in [1.807, 2.05) is 0 Å². The maximum Gasteiger partial charge on any atom is 0.126 e. The van der Waals surface area contributed by atoms with Crippen LogP contribution in [0.4, 0.5) is 4.39 Å². The van der Waals surface area contributed by atoms with Crippen LogP contribution >= 0.6 is 0 Å². The van der Waals surface area contributed by atoms with Gasteiger partial charge < -0.3 is 14.8 Å². The van der Waals surface area contributed by atoms with E-state index in [-0.39, 0.29) is 5.82 Å². The molecule has 2 unspecified atom stereocenters. The van der Waals surface area contributed by atoms with E-state index in [1.165, 1.54) is 6.07 Å². The van der Waals surface area contributed by atoms with Gasteiger partial charge in [-0.05, 0) is 37.6 Å². The highest BCUT2D eigenvalue weighted by atomic mass is 19.1. The molecule has 0 saturated carbocycles. The van der Waals surface area contributed by atoms with Gasteiger partial charge in [0, 0.05) is 18.5 Å². The predicted molar refractivity (Wildman–Crippen MR) is 68.4 cm³/mol. The van der Waals surface area contributed by atoms with Crippen molar-refractivity contribution in [3.63, 3.8) is 0 Å². The van der Waals surface area contributed by atoms with Crippen LogP contribution in [0, 0.1) is 18.7 Å². The maximum atomic E-state index is 13.1. The van der Waals surface area contributed by atoms with Crippen molar-refractivity contribution in [2.24, 2.45) is 5.92 Å². The molecule has 4 heteroatoms. The molecule has 0 aromatic heterocycles. The van der Waals surface area contributed by atoms with Gasteiger partial charge in [-0.15, -0.1) is 0 Å². The van der Waals surface area contributed by atoms with Crippen LogP contribution in [0.25, 0.3) is 0 Å². The SMILES string of the molecule is Cc1cc(OCC2CNC(C)COC2)ccc1F. The molecular formula is C14H20FNO2. The zero-order valence-electron chi connectivity index (χ0n) is 10.9. The van der Waals surface area contributed by atoms with Gasteiger partial charge in [-0.1, -0.05) is 0 Å². The predicted octanol–water partition coefficient (Wildman–Crippen LogP) is 2.14. The summed E-state index contributed by atoms with van der Waals surface area (Å²) in [6.07, 6.45) is 0. The summed E-state index contributed by atoms with van der Waals surface area (Å²) in [5.41, 5.74) is 0.608. The summed E-state index contributed by atoms with van der Waals surface area (Å²) in [5, 5.41) is 3.39. The lowest BCUT2D eigenvalue weighted by molar-refractivity contribution is 0.0934. The Hall–Kier alpha value is -1.13. The molecule has 1 aliphatic heterocycles. The second-order valence-electron chi connectivity index (χ2n) is 4.93. The lowest BCUT2D eigenvalue weighted by Crippen LogP contribution is -2.32. The zero-order chi connectivity index (χ0) is 13.0. The normalized spacial score (nSPS) is 24.6. The van der Waals surface area contributed by atoms with Crippen molar-refractivity contribution in [3.8, 4) is 5.75 Å². The smallest absolute Gasteiger partial charge is 0.126 e. The number of hydrogen-bond donors (Lipinski definition) is 1. The van der Waals surface area contributed by atoms with Crippen molar-refractivity contribution in [2.75, 3.05) is 26.4 Å². The van der Waals surface area contributed by atoms with Crippen molar-refractivity contribution < 1.29 is 13.9 Å². The van der Waals surface area contributed by atoms with E-state index in [0.29, 0.717) is 36.5 Å². The van der Waals surface area contributed by atoms with E-state index in [4.69, 9.17) is 9.47 Å². The molecular weight excluding hydrogens is 233 g/mol. The number of rotatable bonds is 3. The number of nitrogens with one attached hydrogen (secondary N) is 1. The molecule has 0 aliphatic carbocycles. The van der Waals surface area contributed by atoms with E-state index in [9.17, 15) is 4.39 Å². The average molecular weight is 253 g/mol. The molecule has 1 fully saturated rings. The maximum absolute atomic E-state index is 13.1. The Morgan fingerprint density at radius 2 is 2.28 bits per heavy atom. The van der Waals surface area contributed by atoms with Crippen LogP contribution < -0.4 is 10.1 Å². The van der Waals surface area contributed by atoms with Gasteiger partial charge in [-0.2, -0.15) is 0 Å². The van der Waals surface area contributed by atoms with Crippen LogP contribution in [0.1, 0.15) is 12.5 Å². The average Bonchev–Trinajstić information content (AvgIpc) is 2.56. The van der Waals surface area contributed by atoms with E-state index >= 15 is 0 Å². The number of hydrogen-bond acceptors (Lipinski definition) is 3. The third-order valence-electron chi connectivity index (χ3n) is 3.09. The Kier molecular flexibility index (Phi) is 4.55. The van der Waals surface area contributed by atoms with Gasteiger partial charge in [0.25, 0.3) is 0 Å². The van der Waals surface area contributed by atoms with Gasteiger partial charge in [0.1, 0.15) is 11.6 Å². The zero-order valence-corrected chi connectivity index (χ0v) is 10.9. The molecule has 2 atom stereocenters. The number of aryl methyl sites for hydroxylation is 1. The summed E-state index contributed by atoms with van der Waals surface area (Å²) in [4.78, 5) is 0. The standard InChI is InChI=1S/C14H20FNO2/c1-10-5-13(3-4-14(10)15)18-9-12-6-16-11(2)7-17-8-12/h3-5,11-12,16H,6-9H2,1-2H3. The molecule has 1 aromatic rings. The van der Waals surface area contributed by atoms with Gasteiger partial charge in [-0.25, -0.2) is 4.39 Å². The Morgan fingerprint density at radius 3 is 3.06 bits per heavy atom. The molecule has 0 bridgehead atoms. The quantitative estimate of drug-likeness (QED) is 0.895. The first-order valence-electron chi connectivity index (χ1n) is 6.35. The molecule has 18 heavy (non-hydrogen) atoms. The van der Waals surface area contributed by atoms with E-state index in [1.54, 1.807) is 19.1 Å². The van der Waals surface area contributed by atoms with Gasteiger partial charge in [0.05, 0.1) is 19.8 Å². The number of halogens is 1. The van der Waals surface area contributed by atoms with Gasteiger partial charge >= 0.3 is 0 Å². The van der Waals surface area contributed by atoms with Crippen LogP contribution in [0.15, 0.2) is 18.2 Å². The summed E-state index contributed by atoms with van der Waals surface area (Å²) >= 11 is 0. The number of ether oxygens (including phenoxy) is 2. The Balaban J connectivity index is 1.85. The van der Waals surface area contributed by atoms with Crippen molar-refractivity contribution in [3.05, 3.63) is 29.6 Å². The Morgan fingerprint density at radius 1 is 1.44 bits per heavy atom. The lowest BCUT2D eigenvalue weighted by atomic mass is 10.1. The molecule has 1 aliphatic rings. The summed E-state index contributed by atoms with van der Waals surface area (Å²) in [7, 11) is 0. The van der Waals surface area contributed by atoms with Crippen LogP contribution in [-0.2, 0) is 4.74 Å². The fourth-order valence-electron chi connectivity index (χ4n) is 1.93. The molecule has 1 N–H and O–H groups in total. The molecule has 0 amide bonds. The topological polar surface area (TPSA) is 30.5 Å². The first kappa shape index (κ1) is 13.3. The third-order valence-corrected chi connectivity index (χ3v) is 3.09. The summed E-state index contributed by atoms with van der Waals surface area (Å²) in [5.74, 6) is 0.849. The molecule has 1 aromatic carbocycles. The third kappa shape index (κ3) is 3.68. The minimum absolute atomic E-state index is 0.198. The molecule has 1 saturated heterocycles.